The summed E-state index contributed by atoms with van der Waals surface area (Å²) in [5.41, 5.74) is 1.58. The number of aromatic nitrogens is 1. The molecule has 1 aliphatic rings. The summed E-state index contributed by atoms with van der Waals surface area (Å²) in [6.45, 7) is 6.26. The van der Waals surface area contributed by atoms with Gasteiger partial charge in [-0.05, 0) is 18.1 Å². The second kappa shape index (κ2) is 7.79. The Morgan fingerprint density at radius 2 is 1.90 bits per heavy atom. The lowest BCUT2D eigenvalue weighted by Gasteiger charge is -2.25. The summed E-state index contributed by atoms with van der Waals surface area (Å²) in [6.07, 6.45) is -0.516. The van der Waals surface area contributed by atoms with E-state index < -0.39 is 6.09 Å². The van der Waals surface area contributed by atoms with Gasteiger partial charge in [-0.15, -0.1) is 0 Å². The molecule has 1 aliphatic heterocycles. The summed E-state index contributed by atoms with van der Waals surface area (Å²) in [5.74, 6) is 0.794. The number of methoxy groups -OCH3 is 1. The minimum atomic E-state index is -0.516. The highest BCUT2D eigenvalue weighted by molar-refractivity contribution is 6.12. The molecule has 0 atom stereocenters. The Hall–Kier alpha value is -3.00. The normalized spacial score (nSPS) is 14.7. The first-order valence-corrected chi connectivity index (χ1v) is 9.65. The lowest BCUT2D eigenvalue weighted by molar-refractivity contribution is 0.0284. The predicted octanol–water partition coefficient (Wildman–Crippen LogP) is 3.51. The zero-order chi connectivity index (χ0) is 20.5. The molecule has 0 aliphatic carbocycles. The van der Waals surface area contributed by atoms with Crippen molar-refractivity contribution in [1.29, 1.82) is 0 Å². The number of benzene rings is 1. The van der Waals surface area contributed by atoms with Gasteiger partial charge in [0.2, 0.25) is 0 Å². The Kier molecular flexibility index (Phi) is 5.19. The van der Waals surface area contributed by atoms with E-state index in [0.29, 0.717) is 60.7 Å². The zero-order valence-corrected chi connectivity index (χ0v) is 16.8. The van der Waals surface area contributed by atoms with Gasteiger partial charge >= 0.3 is 6.09 Å². The number of carbonyl (C=O) groups is 2. The standard InChI is InChI=1S/C21H24N2O6/c1-13(2)12-28-21(25)23-16-10-14(26-3)4-5-15(16)19-17(23)11-18(29-19)20(24)22-6-8-27-9-7-22/h4-5,10-11,13H,6-9,12H2,1-3H3. The van der Waals surface area contributed by atoms with E-state index in [1.165, 1.54) is 4.57 Å². The number of amides is 1. The summed E-state index contributed by atoms with van der Waals surface area (Å²) in [7, 11) is 1.56. The topological polar surface area (TPSA) is 83.1 Å². The van der Waals surface area contributed by atoms with Gasteiger partial charge in [0.15, 0.2) is 11.3 Å². The van der Waals surface area contributed by atoms with E-state index in [0.717, 1.165) is 0 Å². The van der Waals surface area contributed by atoms with Crippen LogP contribution in [0.2, 0.25) is 0 Å². The van der Waals surface area contributed by atoms with E-state index in [-0.39, 0.29) is 17.6 Å². The van der Waals surface area contributed by atoms with E-state index in [1.807, 2.05) is 19.9 Å². The van der Waals surface area contributed by atoms with Gasteiger partial charge in [-0.2, -0.15) is 0 Å². The molecule has 1 fully saturated rings. The fourth-order valence-electron chi connectivity index (χ4n) is 3.41. The fourth-order valence-corrected chi connectivity index (χ4v) is 3.41. The van der Waals surface area contributed by atoms with Gasteiger partial charge < -0.3 is 23.5 Å². The molecule has 1 amide bonds. The van der Waals surface area contributed by atoms with Gasteiger partial charge in [-0.3, -0.25) is 4.79 Å². The molecule has 3 heterocycles. The smallest absolute Gasteiger partial charge is 0.419 e. The SMILES string of the molecule is COc1ccc2c3oc(C(=O)N4CCOCC4)cc3n(C(=O)OCC(C)C)c2c1. The number of hydrogen-bond donors (Lipinski definition) is 0. The van der Waals surface area contributed by atoms with Crippen molar-refractivity contribution in [2.45, 2.75) is 13.8 Å². The highest BCUT2D eigenvalue weighted by Gasteiger charge is 2.27. The van der Waals surface area contributed by atoms with Gasteiger partial charge in [0, 0.05) is 30.6 Å². The highest BCUT2D eigenvalue weighted by Crippen LogP contribution is 2.34. The second-order valence-corrected chi connectivity index (χ2v) is 7.42. The summed E-state index contributed by atoms with van der Waals surface area (Å²) in [6, 6.07) is 6.97. The van der Waals surface area contributed by atoms with Gasteiger partial charge in [-0.25, -0.2) is 9.36 Å². The van der Waals surface area contributed by atoms with Gasteiger partial charge in [-0.1, -0.05) is 13.8 Å². The van der Waals surface area contributed by atoms with Crippen LogP contribution in [0.5, 0.6) is 5.75 Å². The first-order valence-electron chi connectivity index (χ1n) is 9.65. The maximum atomic E-state index is 12.9. The van der Waals surface area contributed by atoms with E-state index in [9.17, 15) is 9.59 Å². The Morgan fingerprint density at radius 3 is 2.59 bits per heavy atom. The molecule has 0 unspecified atom stereocenters. The van der Waals surface area contributed by atoms with Crippen LogP contribution in [0.1, 0.15) is 24.4 Å². The molecule has 0 spiro atoms. The van der Waals surface area contributed by atoms with E-state index in [2.05, 4.69) is 0 Å². The monoisotopic (exact) mass is 400 g/mol. The number of fused-ring (bicyclic) bond motifs is 3. The first kappa shape index (κ1) is 19.3. The maximum absolute atomic E-state index is 12.9. The molecule has 2 aromatic heterocycles. The number of hydrogen-bond acceptors (Lipinski definition) is 6. The molecule has 0 N–H and O–H groups in total. The van der Waals surface area contributed by atoms with E-state index in [1.54, 1.807) is 30.2 Å². The van der Waals surface area contributed by atoms with Crippen LogP contribution in [0, 0.1) is 5.92 Å². The number of rotatable bonds is 4. The van der Waals surface area contributed by atoms with Crippen molar-refractivity contribution >= 4 is 34.0 Å². The Bertz CT molecular complexity index is 1060. The van der Waals surface area contributed by atoms with Crippen molar-refractivity contribution in [1.82, 2.24) is 9.47 Å². The molecule has 0 radical (unpaired) electrons. The van der Waals surface area contributed by atoms with Crippen molar-refractivity contribution < 1.29 is 28.2 Å². The molecular weight excluding hydrogens is 376 g/mol. The van der Waals surface area contributed by atoms with Gasteiger partial charge in [0.05, 0.1) is 38.0 Å². The van der Waals surface area contributed by atoms with Crippen LogP contribution in [0.15, 0.2) is 28.7 Å². The van der Waals surface area contributed by atoms with Gasteiger partial charge in [0.25, 0.3) is 5.91 Å². The average Bonchev–Trinajstić information content (AvgIpc) is 3.28. The minimum absolute atomic E-state index is 0.194. The van der Waals surface area contributed by atoms with Crippen molar-refractivity contribution in [3.05, 3.63) is 30.0 Å². The number of morpholine rings is 1. The van der Waals surface area contributed by atoms with Crippen molar-refractivity contribution in [2.75, 3.05) is 40.0 Å². The lowest BCUT2D eigenvalue weighted by Crippen LogP contribution is -2.40. The number of nitrogens with zero attached hydrogens (tertiary/aromatic N) is 2. The van der Waals surface area contributed by atoms with E-state index in [4.69, 9.17) is 18.6 Å². The van der Waals surface area contributed by atoms with Crippen LogP contribution in [-0.4, -0.2) is 61.5 Å². The average molecular weight is 400 g/mol. The van der Waals surface area contributed by atoms with Crippen molar-refractivity contribution in [3.63, 3.8) is 0 Å². The Labute approximate surface area is 167 Å². The third-order valence-electron chi connectivity index (χ3n) is 4.88. The van der Waals surface area contributed by atoms with Crippen LogP contribution in [0.3, 0.4) is 0 Å². The summed E-state index contributed by atoms with van der Waals surface area (Å²) in [5, 5.41) is 0.711. The summed E-state index contributed by atoms with van der Waals surface area (Å²) >= 11 is 0. The number of ether oxygens (including phenoxy) is 3. The van der Waals surface area contributed by atoms with Crippen molar-refractivity contribution in [2.24, 2.45) is 5.92 Å². The second-order valence-electron chi connectivity index (χ2n) is 7.42. The van der Waals surface area contributed by atoms with Crippen LogP contribution in [-0.2, 0) is 9.47 Å². The Balaban J connectivity index is 1.80. The minimum Gasteiger partial charge on any atom is -0.497 e. The molecule has 8 nitrogen and oxygen atoms in total. The van der Waals surface area contributed by atoms with Crippen LogP contribution in [0.4, 0.5) is 4.79 Å². The Morgan fingerprint density at radius 1 is 1.14 bits per heavy atom. The quantitative estimate of drug-likeness (QED) is 0.666. The summed E-state index contributed by atoms with van der Waals surface area (Å²) < 4.78 is 23.4. The molecule has 29 heavy (non-hydrogen) atoms. The highest BCUT2D eigenvalue weighted by atomic mass is 16.5. The molecule has 0 bridgehead atoms. The van der Waals surface area contributed by atoms with Crippen LogP contribution < -0.4 is 4.74 Å². The third kappa shape index (κ3) is 3.55. The molecular formula is C21H24N2O6. The number of furan rings is 1. The molecule has 4 rings (SSSR count). The molecule has 1 saturated heterocycles. The van der Waals surface area contributed by atoms with Crippen molar-refractivity contribution in [3.8, 4) is 5.75 Å². The summed E-state index contributed by atoms with van der Waals surface area (Å²) in [4.78, 5) is 27.4. The largest absolute Gasteiger partial charge is 0.497 e. The molecule has 154 valence electrons. The molecule has 3 aromatic rings. The van der Waals surface area contributed by atoms with E-state index >= 15 is 0 Å². The molecule has 0 saturated carbocycles. The van der Waals surface area contributed by atoms with Crippen LogP contribution in [0.25, 0.3) is 22.0 Å². The molecule has 8 heteroatoms. The lowest BCUT2D eigenvalue weighted by atomic mass is 10.2. The first-order chi connectivity index (χ1) is 14.0. The fraction of sp³-hybridized carbons (Fsp3) is 0.429. The van der Waals surface area contributed by atoms with Gasteiger partial charge in [0.1, 0.15) is 5.75 Å². The zero-order valence-electron chi connectivity index (χ0n) is 16.8. The maximum Gasteiger partial charge on any atom is 0.419 e. The van der Waals surface area contributed by atoms with Crippen LogP contribution >= 0.6 is 0 Å². The number of carbonyl (C=O) groups excluding carboxylic acids is 2. The molecule has 1 aromatic carbocycles. The third-order valence-corrected chi connectivity index (χ3v) is 4.88. The predicted molar refractivity (Wildman–Crippen MR) is 107 cm³/mol.